The van der Waals surface area contributed by atoms with Gasteiger partial charge in [0.1, 0.15) is 5.92 Å². The Hall–Kier alpha value is -1.34. The van der Waals surface area contributed by atoms with E-state index in [2.05, 4.69) is 5.32 Å². The van der Waals surface area contributed by atoms with Crippen LogP contribution in [-0.2, 0) is 9.53 Å². The lowest BCUT2D eigenvalue weighted by Crippen LogP contribution is -2.52. The summed E-state index contributed by atoms with van der Waals surface area (Å²) in [6, 6.07) is -0.392. The van der Waals surface area contributed by atoms with Gasteiger partial charge in [0.05, 0.1) is 19.3 Å². The first kappa shape index (κ1) is 17.7. The number of hydrogen-bond donors (Lipinski definition) is 2. The number of carboxylic acid groups (broad SMARTS) is 1. The molecule has 3 atom stereocenters. The van der Waals surface area contributed by atoms with Gasteiger partial charge in [-0.15, -0.1) is 0 Å². The van der Waals surface area contributed by atoms with E-state index in [1.54, 1.807) is 4.90 Å². The third-order valence-corrected chi connectivity index (χ3v) is 3.92. The van der Waals surface area contributed by atoms with Gasteiger partial charge in [-0.2, -0.15) is 0 Å². The molecular weight excluding hydrogens is 274 g/mol. The topological polar surface area (TPSA) is 82.1 Å². The second kappa shape index (κ2) is 8.19. The van der Waals surface area contributed by atoms with E-state index in [9.17, 15) is 14.7 Å². The molecule has 122 valence electrons. The van der Waals surface area contributed by atoms with Crippen molar-refractivity contribution >= 4 is 12.0 Å². The SMILES string of the molecule is CCCN(C(=O)NCC(C)N(C)C)C1COCC1C(=O)O. The number of aliphatic carboxylic acids is 1. The van der Waals surface area contributed by atoms with Gasteiger partial charge in [-0.3, -0.25) is 4.79 Å². The second-order valence-electron chi connectivity index (χ2n) is 5.74. The first-order chi connectivity index (χ1) is 9.88. The highest BCUT2D eigenvalue weighted by Gasteiger charge is 2.39. The van der Waals surface area contributed by atoms with Crippen LogP contribution in [0.15, 0.2) is 0 Å². The highest BCUT2D eigenvalue weighted by molar-refractivity contribution is 5.77. The molecule has 1 heterocycles. The number of nitrogens with zero attached hydrogens (tertiary/aromatic N) is 2. The van der Waals surface area contributed by atoms with Gasteiger partial charge in [0.25, 0.3) is 0 Å². The van der Waals surface area contributed by atoms with Crippen LogP contribution in [0.25, 0.3) is 0 Å². The Labute approximate surface area is 126 Å². The molecule has 0 aromatic carbocycles. The molecule has 1 aliphatic heterocycles. The number of nitrogens with one attached hydrogen (secondary N) is 1. The van der Waals surface area contributed by atoms with Crippen molar-refractivity contribution in [3.63, 3.8) is 0 Å². The molecule has 21 heavy (non-hydrogen) atoms. The van der Waals surface area contributed by atoms with Crippen molar-refractivity contribution in [3.8, 4) is 0 Å². The van der Waals surface area contributed by atoms with Gasteiger partial charge in [-0.1, -0.05) is 6.92 Å². The molecule has 3 unspecified atom stereocenters. The van der Waals surface area contributed by atoms with Gasteiger partial charge in [0.15, 0.2) is 0 Å². The fraction of sp³-hybridized carbons (Fsp3) is 0.857. The van der Waals surface area contributed by atoms with Gasteiger partial charge >= 0.3 is 12.0 Å². The average Bonchev–Trinajstić information content (AvgIpc) is 2.90. The number of hydrogen-bond acceptors (Lipinski definition) is 4. The highest BCUT2D eigenvalue weighted by Crippen LogP contribution is 2.20. The Balaban J connectivity index is 2.67. The van der Waals surface area contributed by atoms with E-state index in [0.717, 1.165) is 6.42 Å². The maximum atomic E-state index is 12.4. The summed E-state index contributed by atoms with van der Waals surface area (Å²) in [6.45, 7) is 5.49. The molecule has 1 fully saturated rings. The molecule has 7 heteroatoms. The zero-order valence-corrected chi connectivity index (χ0v) is 13.3. The molecule has 7 nitrogen and oxygen atoms in total. The van der Waals surface area contributed by atoms with E-state index < -0.39 is 17.9 Å². The average molecular weight is 301 g/mol. The number of carbonyl (C=O) groups excluding carboxylic acids is 1. The van der Waals surface area contributed by atoms with Crippen LogP contribution in [0, 0.1) is 5.92 Å². The van der Waals surface area contributed by atoms with Crippen LogP contribution in [-0.4, -0.2) is 79.4 Å². The maximum Gasteiger partial charge on any atom is 0.317 e. The Morgan fingerprint density at radius 2 is 2.05 bits per heavy atom. The number of urea groups is 1. The maximum absolute atomic E-state index is 12.4. The van der Waals surface area contributed by atoms with Crippen molar-refractivity contribution in [1.82, 2.24) is 15.1 Å². The predicted molar refractivity (Wildman–Crippen MR) is 79.3 cm³/mol. The first-order valence-electron chi connectivity index (χ1n) is 7.39. The Morgan fingerprint density at radius 3 is 2.57 bits per heavy atom. The van der Waals surface area contributed by atoms with Crippen molar-refractivity contribution in [1.29, 1.82) is 0 Å². The van der Waals surface area contributed by atoms with E-state index in [4.69, 9.17) is 4.74 Å². The summed E-state index contributed by atoms with van der Waals surface area (Å²) in [5, 5.41) is 12.1. The van der Waals surface area contributed by atoms with Gasteiger partial charge in [0, 0.05) is 19.1 Å². The Kier molecular flexibility index (Phi) is 6.91. The monoisotopic (exact) mass is 301 g/mol. The first-order valence-corrected chi connectivity index (χ1v) is 7.39. The molecule has 0 bridgehead atoms. The molecule has 2 N–H and O–H groups in total. The van der Waals surface area contributed by atoms with E-state index in [1.165, 1.54) is 0 Å². The van der Waals surface area contributed by atoms with Crippen molar-refractivity contribution < 1.29 is 19.4 Å². The molecule has 0 aromatic rings. The van der Waals surface area contributed by atoms with Gasteiger partial charge in [-0.25, -0.2) is 4.79 Å². The van der Waals surface area contributed by atoms with Gasteiger partial charge < -0.3 is 25.0 Å². The molecule has 1 saturated heterocycles. The van der Waals surface area contributed by atoms with E-state index in [1.807, 2.05) is 32.8 Å². The van der Waals surface area contributed by atoms with Crippen molar-refractivity contribution in [3.05, 3.63) is 0 Å². The van der Waals surface area contributed by atoms with Gasteiger partial charge in [0.2, 0.25) is 0 Å². The lowest BCUT2D eigenvalue weighted by molar-refractivity contribution is -0.142. The van der Waals surface area contributed by atoms with Crippen LogP contribution >= 0.6 is 0 Å². The number of carbonyl (C=O) groups is 2. The van der Waals surface area contributed by atoms with Crippen LogP contribution in [0.5, 0.6) is 0 Å². The number of rotatable bonds is 7. The third kappa shape index (κ3) is 4.86. The van der Waals surface area contributed by atoms with Crippen LogP contribution in [0.3, 0.4) is 0 Å². The second-order valence-corrected chi connectivity index (χ2v) is 5.74. The summed E-state index contributed by atoms with van der Waals surface area (Å²) in [7, 11) is 3.90. The summed E-state index contributed by atoms with van der Waals surface area (Å²) in [5.74, 6) is -1.55. The van der Waals surface area contributed by atoms with Gasteiger partial charge in [-0.05, 0) is 27.4 Å². The minimum Gasteiger partial charge on any atom is -0.481 e. The fourth-order valence-electron chi connectivity index (χ4n) is 2.26. The van der Waals surface area contributed by atoms with Crippen LogP contribution in [0.2, 0.25) is 0 Å². The molecule has 2 amide bonds. The molecule has 0 aromatic heterocycles. The van der Waals surface area contributed by atoms with E-state index >= 15 is 0 Å². The number of carboxylic acids is 1. The molecule has 0 aliphatic carbocycles. The normalized spacial score (nSPS) is 23.1. The zero-order valence-electron chi connectivity index (χ0n) is 13.3. The minimum absolute atomic E-state index is 0.168. The number of likely N-dealkylation sites (N-methyl/N-ethyl adjacent to an activating group) is 1. The minimum atomic E-state index is -0.909. The lowest BCUT2D eigenvalue weighted by Gasteiger charge is -2.31. The standard InChI is InChI=1S/C14H27N3O4/c1-5-6-17(12-9-21-8-11(12)13(18)19)14(20)15-7-10(2)16(3)4/h10-12H,5-9H2,1-4H3,(H,15,20)(H,18,19). The van der Waals surface area contributed by atoms with E-state index in [-0.39, 0.29) is 25.3 Å². The fourth-order valence-corrected chi connectivity index (χ4v) is 2.26. The summed E-state index contributed by atoms with van der Waals surface area (Å²) in [5.41, 5.74) is 0. The third-order valence-electron chi connectivity index (χ3n) is 3.92. The van der Waals surface area contributed by atoms with Crippen LogP contribution < -0.4 is 5.32 Å². The van der Waals surface area contributed by atoms with Crippen LogP contribution in [0.4, 0.5) is 4.79 Å². The molecular formula is C14H27N3O4. The summed E-state index contributed by atoms with van der Waals surface area (Å²) in [6.07, 6.45) is 0.777. The quantitative estimate of drug-likeness (QED) is 0.714. The Bertz CT molecular complexity index is 362. The van der Waals surface area contributed by atoms with Crippen molar-refractivity contribution in [2.75, 3.05) is 40.4 Å². The summed E-state index contributed by atoms with van der Waals surface area (Å²) >= 11 is 0. The number of ether oxygens (including phenoxy) is 1. The number of amides is 2. The molecule has 1 rings (SSSR count). The zero-order chi connectivity index (χ0) is 16.0. The molecule has 0 radical (unpaired) electrons. The van der Waals surface area contributed by atoms with Crippen molar-refractivity contribution in [2.24, 2.45) is 5.92 Å². The lowest BCUT2D eigenvalue weighted by atomic mass is 10.0. The molecule has 0 spiro atoms. The predicted octanol–water partition coefficient (Wildman–Crippen LogP) is 0.458. The molecule has 0 saturated carbocycles. The summed E-state index contributed by atoms with van der Waals surface area (Å²) < 4.78 is 5.26. The van der Waals surface area contributed by atoms with E-state index in [0.29, 0.717) is 13.1 Å². The molecule has 1 aliphatic rings. The summed E-state index contributed by atoms with van der Waals surface area (Å²) in [4.78, 5) is 27.2. The van der Waals surface area contributed by atoms with Crippen LogP contribution in [0.1, 0.15) is 20.3 Å². The Morgan fingerprint density at radius 1 is 1.38 bits per heavy atom. The smallest absolute Gasteiger partial charge is 0.317 e. The largest absolute Gasteiger partial charge is 0.481 e. The van der Waals surface area contributed by atoms with Crippen molar-refractivity contribution in [2.45, 2.75) is 32.4 Å². The highest BCUT2D eigenvalue weighted by atomic mass is 16.5.